The van der Waals surface area contributed by atoms with E-state index in [0.29, 0.717) is 0 Å². The van der Waals surface area contributed by atoms with Gasteiger partial charge in [-0.15, -0.1) is 0 Å². The molecule has 0 aromatic rings. The molecule has 0 spiro atoms. The summed E-state index contributed by atoms with van der Waals surface area (Å²) in [5.41, 5.74) is 0. The molecular weight excluding hydrogens is 404 g/mol. The van der Waals surface area contributed by atoms with Gasteiger partial charge in [0.05, 0.1) is 20.0 Å². The molecular formula is C17H32N2O7SSi. The summed E-state index contributed by atoms with van der Waals surface area (Å²) in [5.74, 6) is -1.71. The molecule has 0 radical (unpaired) electrons. The molecule has 1 N–H and O–H groups in total. The zero-order chi connectivity index (χ0) is 21.9. The van der Waals surface area contributed by atoms with E-state index in [-0.39, 0.29) is 30.1 Å². The van der Waals surface area contributed by atoms with Crippen molar-refractivity contribution in [3.8, 4) is 0 Å². The fourth-order valence-corrected chi connectivity index (χ4v) is 10.0. The number of esters is 2. The van der Waals surface area contributed by atoms with E-state index < -0.39 is 48.2 Å². The monoisotopic (exact) mass is 436 g/mol. The molecule has 1 amide bonds. The Hall–Kier alpha value is -1.46. The minimum Gasteiger partial charge on any atom is -0.469 e. The number of sulfonamides is 1. The maximum Gasteiger partial charge on any atom is 0.328 e. The molecule has 0 saturated carbocycles. The SMILES string of the molecule is COC(=O)CC[C@H](NC(=O)CC1CS(=O)(=O)N1[Si](C)(C)C(C)(C)C)C(=O)OC. The summed E-state index contributed by atoms with van der Waals surface area (Å²) < 4.78 is 35.5. The third-order valence-electron chi connectivity index (χ3n) is 5.53. The number of hydrogen-bond donors (Lipinski definition) is 1. The molecule has 162 valence electrons. The first-order chi connectivity index (χ1) is 12.7. The van der Waals surface area contributed by atoms with Gasteiger partial charge in [0.25, 0.3) is 0 Å². The minimum atomic E-state index is -3.37. The molecule has 0 bridgehead atoms. The molecule has 2 atom stereocenters. The van der Waals surface area contributed by atoms with Gasteiger partial charge in [-0.2, -0.15) is 0 Å². The molecule has 1 rings (SSSR count). The normalized spacial score (nSPS) is 20.6. The Bertz CT molecular complexity index is 716. The summed E-state index contributed by atoms with van der Waals surface area (Å²) in [6.45, 7) is 9.96. The number of amides is 1. The second-order valence-corrected chi connectivity index (χ2v) is 15.8. The van der Waals surface area contributed by atoms with Crippen molar-refractivity contribution in [3.63, 3.8) is 0 Å². The van der Waals surface area contributed by atoms with E-state index in [1.807, 2.05) is 33.9 Å². The Morgan fingerprint density at radius 2 is 1.75 bits per heavy atom. The average molecular weight is 437 g/mol. The van der Waals surface area contributed by atoms with Gasteiger partial charge in [-0.1, -0.05) is 33.9 Å². The Labute approximate surface area is 168 Å². The van der Waals surface area contributed by atoms with Gasteiger partial charge in [0.2, 0.25) is 15.9 Å². The average Bonchev–Trinajstić information content (AvgIpc) is 2.54. The summed E-state index contributed by atoms with van der Waals surface area (Å²) in [6, 6.07) is -1.42. The Morgan fingerprint density at radius 3 is 2.18 bits per heavy atom. The molecule has 0 aromatic carbocycles. The summed E-state index contributed by atoms with van der Waals surface area (Å²) in [4.78, 5) is 35.7. The lowest BCUT2D eigenvalue weighted by Gasteiger charge is -2.53. The number of nitrogens with one attached hydrogen (secondary N) is 1. The van der Waals surface area contributed by atoms with Gasteiger partial charge in [-0.3, -0.25) is 9.59 Å². The van der Waals surface area contributed by atoms with Gasteiger partial charge in [0.15, 0.2) is 0 Å². The lowest BCUT2D eigenvalue weighted by molar-refractivity contribution is -0.146. The maximum absolute atomic E-state index is 12.5. The zero-order valence-electron chi connectivity index (χ0n) is 17.7. The van der Waals surface area contributed by atoms with Crippen LogP contribution in [0.15, 0.2) is 0 Å². The van der Waals surface area contributed by atoms with Crippen LogP contribution in [0.5, 0.6) is 0 Å². The molecule has 1 saturated heterocycles. The molecule has 1 aliphatic heterocycles. The zero-order valence-corrected chi connectivity index (χ0v) is 19.5. The van der Waals surface area contributed by atoms with Crippen LogP contribution < -0.4 is 5.32 Å². The van der Waals surface area contributed by atoms with Crippen molar-refractivity contribution in [3.05, 3.63) is 0 Å². The van der Waals surface area contributed by atoms with Gasteiger partial charge in [-0.05, 0) is 11.5 Å². The Morgan fingerprint density at radius 1 is 1.18 bits per heavy atom. The second-order valence-electron chi connectivity index (χ2n) is 8.50. The standard InChI is InChI=1S/C17H32N2O7SSi/c1-17(2,3)28(6,7)19-12(11-27(19,23)24)10-14(20)18-13(16(22)26-5)8-9-15(21)25-4/h12-13H,8-11H2,1-7H3,(H,18,20)/t12?,13-/m0/s1. The summed E-state index contributed by atoms with van der Waals surface area (Å²) >= 11 is 0. The molecule has 1 heterocycles. The van der Waals surface area contributed by atoms with Crippen molar-refractivity contribution in [1.29, 1.82) is 0 Å². The highest BCUT2D eigenvalue weighted by molar-refractivity contribution is 7.92. The van der Waals surface area contributed by atoms with Crippen LogP contribution >= 0.6 is 0 Å². The molecule has 0 aromatic heterocycles. The quantitative estimate of drug-likeness (QED) is 0.445. The van der Waals surface area contributed by atoms with E-state index in [2.05, 4.69) is 14.8 Å². The molecule has 0 aliphatic carbocycles. The first-order valence-electron chi connectivity index (χ1n) is 9.13. The predicted molar refractivity (Wildman–Crippen MR) is 106 cm³/mol. The van der Waals surface area contributed by atoms with E-state index in [9.17, 15) is 22.8 Å². The van der Waals surface area contributed by atoms with Crippen molar-refractivity contribution < 1.29 is 32.3 Å². The largest absolute Gasteiger partial charge is 0.469 e. The predicted octanol–water partition coefficient (Wildman–Crippen LogP) is 1.01. The van der Waals surface area contributed by atoms with Crippen molar-refractivity contribution in [1.82, 2.24) is 9.29 Å². The molecule has 11 heteroatoms. The van der Waals surface area contributed by atoms with E-state index in [1.165, 1.54) is 18.2 Å². The van der Waals surface area contributed by atoms with Gasteiger partial charge < -0.3 is 14.8 Å². The minimum absolute atomic E-state index is 0.0417. The Balaban J connectivity index is 2.84. The van der Waals surface area contributed by atoms with Crippen molar-refractivity contribution in [2.45, 2.75) is 70.2 Å². The number of methoxy groups -OCH3 is 2. The van der Waals surface area contributed by atoms with Gasteiger partial charge in [0.1, 0.15) is 14.3 Å². The molecule has 1 aliphatic rings. The summed E-state index contributed by atoms with van der Waals surface area (Å²) in [6.07, 6.45) is -0.0537. The third-order valence-corrected chi connectivity index (χ3v) is 14.6. The van der Waals surface area contributed by atoms with Crippen LogP contribution in [-0.4, -0.2) is 70.5 Å². The molecule has 1 fully saturated rings. The molecule has 28 heavy (non-hydrogen) atoms. The first-order valence-corrected chi connectivity index (χ1v) is 13.7. The number of carbonyl (C=O) groups excluding carboxylic acids is 3. The van der Waals surface area contributed by atoms with Gasteiger partial charge in [0, 0.05) is 18.9 Å². The van der Waals surface area contributed by atoms with Crippen LogP contribution in [0.1, 0.15) is 40.0 Å². The lowest BCUT2D eigenvalue weighted by Crippen LogP contribution is -2.70. The highest BCUT2D eigenvalue weighted by atomic mass is 32.2. The van der Waals surface area contributed by atoms with Crippen LogP contribution in [0.2, 0.25) is 18.1 Å². The van der Waals surface area contributed by atoms with E-state index in [4.69, 9.17) is 0 Å². The van der Waals surface area contributed by atoms with Gasteiger partial charge in [-0.25, -0.2) is 17.2 Å². The topological polar surface area (TPSA) is 119 Å². The summed E-state index contributed by atoms with van der Waals surface area (Å²) in [5, 5.41) is 2.35. The third kappa shape index (κ3) is 5.54. The van der Waals surface area contributed by atoms with Crippen molar-refractivity contribution in [2.75, 3.05) is 20.0 Å². The van der Waals surface area contributed by atoms with Crippen LogP contribution in [0.3, 0.4) is 0 Å². The van der Waals surface area contributed by atoms with Gasteiger partial charge >= 0.3 is 11.9 Å². The van der Waals surface area contributed by atoms with E-state index >= 15 is 0 Å². The van der Waals surface area contributed by atoms with Crippen molar-refractivity contribution in [2.24, 2.45) is 0 Å². The van der Waals surface area contributed by atoms with Crippen LogP contribution in [0.4, 0.5) is 0 Å². The first kappa shape index (κ1) is 24.6. The summed E-state index contributed by atoms with van der Waals surface area (Å²) in [7, 11) is -3.32. The van der Waals surface area contributed by atoms with Crippen LogP contribution in [0.25, 0.3) is 0 Å². The molecule has 9 nitrogen and oxygen atoms in total. The highest BCUT2D eigenvalue weighted by Gasteiger charge is 2.56. The van der Waals surface area contributed by atoms with Crippen molar-refractivity contribution >= 4 is 36.1 Å². The van der Waals surface area contributed by atoms with Crippen LogP contribution in [0, 0.1) is 0 Å². The number of hydrogen-bond acceptors (Lipinski definition) is 7. The second kappa shape index (κ2) is 8.91. The number of carbonyl (C=O) groups is 3. The van der Waals surface area contributed by atoms with E-state index in [1.54, 1.807) is 0 Å². The van der Waals surface area contributed by atoms with Crippen LogP contribution in [-0.2, 0) is 33.9 Å². The highest BCUT2D eigenvalue weighted by Crippen LogP contribution is 2.44. The lowest BCUT2D eigenvalue weighted by atomic mass is 10.1. The number of ether oxygens (including phenoxy) is 2. The smallest absolute Gasteiger partial charge is 0.328 e. The number of rotatable bonds is 8. The Kier molecular flexibility index (Phi) is 7.82. The fourth-order valence-electron chi connectivity index (χ4n) is 3.03. The van der Waals surface area contributed by atoms with E-state index in [0.717, 1.165) is 0 Å². The molecule has 1 unspecified atom stereocenters. The fraction of sp³-hybridized carbons (Fsp3) is 0.824. The number of nitrogens with zero attached hydrogens (tertiary/aromatic N) is 1. The maximum atomic E-state index is 12.5.